The summed E-state index contributed by atoms with van der Waals surface area (Å²) in [5.41, 5.74) is 1.15. The number of aromatic nitrogens is 5. The number of carbonyl (C=O) groups is 1. The molecule has 26 heavy (non-hydrogen) atoms. The molecule has 4 aromatic rings. The fourth-order valence-electron chi connectivity index (χ4n) is 2.48. The molecule has 1 amide bonds. The molecule has 0 unspecified atom stereocenters. The molecule has 0 aliphatic carbocycles. The van der Waals surface area contributed by atoms with Crippen LogP contribution in [0.1, 0.15) is 5.69 Å². The molecule has 0 atom stereocenters. The highest BCUT2D eigenvalue weighted by molar-refractivity contribution is 5.75. The summed E-state index contributed by atoms with van der Waals surface area (Å²) in [6, 6.07) is 10.5. The summed E-state index contributed by atoms with van der Waals surface area (Å²) in [5.74, 6) is 0.216. The van der Waals surface area contributed by atoms with Crippen LogP contribution in [0.15, 0.2) is 64.4 Å². The lowest BCUT2D eigenvalue weighted by molar-refractivity contribution is -0.122. The molecule has 0 radical (unpaired) electrons. The Morgan fingerprint density at radius 2 is 2.15 bits per heavy atom. The summed E-state index contributed by atoms with van der Waals surface area (Å²) in [6.45, 7) is 0.0927. The molecular weight excluding hydrogens is 336 g/mol. The van der Waals surface area contributed by atoms with Gasteiger partial charge in [0.1, 0.15) is 24.1 Å². The molecule has 0 aliphatic heterocycles. The first-order valence-electron chi connectivity index (χ1n) is 7.87. The average Bonchev–Trinajstić information content (AvgIpc) is 3.33. The lowest BCUT2D eigenvalue weighted by atomic mass is 10.3. The Kier molecular flexibility index (Phi) is 4.02. The van der Waals surface area contributed by atoms with Crippen molar-refractivity contribution in [3.05, 3.63) is 71.2 Å². The van der Waals surface area contributed by atoms with Gasteiger partial charge in [-0.25, -0.2) is 9.20 Å². The first kappa shape index (κ1) is 15.8. The second-order valence-electron chi connectivity index (χ2n) is 5.53. The highest BCUT2D eigenvalue weighted by Crippen LogP contribution is 2.18. The van der Waals surface area contributed by atoms with Crippen LogP contribution in [0.4, 0.5) is 0 Å². The third-order valence-corrected chi connectivity index (χ3v) is 3.75. The zero-order chi connectivity index (χ0) is 17.9. The van der Waals surface area contributed by atoms with Crippen molar-refractivity contribution in [1.82, 2.24) is 29.7 Å². The molecule has 9 heteroatoms. The highest BCUT2D eigenvalue weighted by Gasteiger charge is 2.13. The van der Waals surface area contributed by atoms with Crippen LogP contribution in [0.3, 0.4) is 0 Å². The van der Waals surface area contributed by atoms with E-state index >= 15 is 0 Å². The Balaban J connectivity index is 1.52. The molecule has 130 valence electrons. The normalized spacial score (nSPS) is 10.9. The number of amides is 1. The summed E-state index contributed by atoms with van der Waals surface area (Å²) in [4.78, 5) is 28.8. The molecule has 0 aliphatic rings. The van der Waals surface area contributed by atoms with Gasteiger partial charge in [0.25, 0.3) is 5.56 Å². The van der Waals surface area contributed by atoms with Crippen molar-refractivity contribution in [2.45, 2.75) is 13.1 Å². The summed E-state index contributed by atoms with van der Waals surface area (Å²) < 4.78 is 7.74. The van der Waals surface area contributed by atoms with Crippen molar-refractivity contribution in [2.24, 2.45) is 0 Å². The van der Waals surface area contributed by atoms with Crippen LogP contribution < -0.4 is 10.9 Å². The largest absolute Gasteiger partial charge is 0.463 e. The van der Waals surface area contributed by atoms with Crippen molar-refractivity contribution in [3.63, 3.8) is 0 Å². The minimum Gasteiger partial charge on any atom is -0.463 e. The molecule has 1 N–H and O–H groups in total. The van der Waals surface area contributed by atoms with Crippen LogP contribution in [0.5, 0.6) is 0 Å². The maximum absolute atomic E-state index is 12.5. The average molecular weight is 350 g/mol. The third kappa shape index (κ3) is 3.09. The van der Waals surface area contributed by atoms with Gasteiger partial charge in [0, 0.05) is 12.3 Å². The second kappa shape index (κ2) is 6.63. The zero-order valence-electron chi connectivity index (χ0n) is 13.6. The van der Waals surface area contributed by atoms with Gasteiger partial charge in [0.2, 0.25) is 5.91 Å². The summed E-state index contributed by atoms with van der Waals surface area (Å²) in [5, 5.41) is 11.0. The van der Waals surface area contributed by atoms with Crippen molar-refractivity contribution in [3.8, 4) is 11.5 Å². The Hall–Kier alpha value is -3.75. The zero-order valence-corrected chi connectivity index (χ0v) is 13.6. The van der Waals surface area contributed by atoms with Crippen molar-refractivity contribution in [2.75, 3.05) is 0 Å². The van der Waals surface area contributed by atoms with E-state index in [1.54, 1.807) is 36.5 Å². The third-order valence-electron chi connectivity index (χ3n) is 3.75. The summed E-state index contributed by atoms with van der Waals surface area (Å²) >= 11 is 0. The SMILES string of the molecule is O=C(Cn1ncn2nc(-c3ccco3)cc2c1=O)NCc1ccccn1. The Bertz CT molecular complexity index is 1100. The van der Waals surface area contributed by atoms with Gasteiger partial charge in [-0.2, -0.15) is 10.2 Å². The van der Waals surface area contributed by atoms with Gasteiger partial charge in [0.05, 0.1) is 18.5 Å². The summed E-state index contributed by atoms with van der Waals surface area (Å²) in [6.07, 6.45) is 4.56. The molecule has 0 saturated heterocycles. The standard InChI is InChI=1S/C17H14N6O3/c24-16(19-9-12-4-1-2-6-18-12)10-22-17(25)14-8-13(15-5-3-7-26-15)21-23(14)11-20-22/h1-8,11H,9-10H2,(H,19,24). The van der Waals surface area contributed by atoms with Gasteiger partial charge in [-0.15, -0.1) is 0 Å². The van der Waals surface area contributed by atoms with E-state index < -0.39 is 5.56 Å². The van der Waals surface area contributed by atoms with Crippen LogP contribution in [-0.4, -0.2) is 30.3 Å². The van der Waals surface area contributed by atoms with Gasteiger partial charge >= 0.3 is 0 Å². The van der Waals surface area contributed by atoms with Crippen LogP contribution in [0.25, 0.3) is 17.0 Å². The minimum absolute atomic E-state index is 0.191. The Morgan fingerprint density at radius 3 is 2.92 bits per heavy atom. The quantitative estimate of drug-likeness (QED) is 0.572. The Morgan fingerprint density at radius 1 is 1.23 bits per heavy atom. The molecule has 9 nitrogen and oxygen atoms in total. The van der Waals surface area contributed by atoms with Gasteiger partial charge in [-0.1, -0.05) is 6.07 Å². The van der Waals surface area contributed by atoms with Gasteiger partial charge in [-0.05, 0) is 24.3 Å². The van der Waals surface area contributed by atoms with E-state index in [1.807, 2.05) is 6.07 Å². The molecule has 4 heterocycles. The van der Waals surface area contributed by atoms with Gasteiger partial charge < -0.3 is 9.73 Å². The topological polar surface area (TPSA) is 107 Å². The first-order valence-corrected chi connectivity index (χ1v) is 7.87. The summed E-state index contributed by atoms with van der Waals surface area (Å²) in [7, 11) is 0. The highest BCUT2D eigenvalue weighted by atomic mass is 16.3. The fourth-order valence-corrected chi connectivity index (χ4v) is 2.48. The maximum Gasteiger partial charge on any atom is 0.293 e. The van der Waals surface area contributed by atoms with Gasteiger partial charge in [-0.3, -0.25) is 14.6 Å². The molecule has 0 bridgehead atoms. The van der Waals surface area contributed by atoms with Crippen molar-refractivity contribution in [1.29, 1.82) is 0 Å². The van der Waals surface area contributed by atoms with E-state index in [0.717, 1.165) is 10.4 Å². The van der Waals surface area contributed by atoms with E-state index in [4.69, 9.17) is 4.42 Å². The lowest BCUT2D eigenvalue weighted by Gasteiger charge is -2.06. The lowest BCUT2D eigenvalue weighted by Crippen LogP contribution is -2.34. The predicted octanol–water partition coefficient (Wildman–Crippen LogP) is 0.862. The smallest absolute Gasteiger partial charge is 0.293 e. The number of rotatable bonds is 5. The van der Waals surface area contributed by atoms with E-state index in [9.17, 15) is 9.59 Å². The fraction of sp³-hybridized carbons (Fsp3) is 0.118. The number of fused-ring (bicyclic) bond motifs is 1. The van der Waals surface area contributed by atoms with Crippen LogP contribution in [0.2, 0.25) is 0 Å². The number of furan rings is 1. The number of hydrogen-bond donors (Lipinski definition) is 1. The predicted molar refractivity (Wildman–Crippen MR) is 91.0 cm³/mol. The number of hydrogen-bond acceptors (Lipinski definition) is 6. The molecule has 4 aromatic heterocycles. The number of pyridine rings is 1. The number of nitrogens with one attached hydrogen (secondary N) is 1. The molecule has 0 fully saturated rings. The maximum atomic E-state index is 12.5. The van der Waals surface area contributed by atoms with Crippen LogP contribution in [-0.2, 0) is 17.9 Å². The van der Waals surface area contributed by atoms with Crippen LogP contribution in [0, 0.1) is 0 Å². The molecule has 0 saturated carbocycles. The van der Waals surface area contributed by atoms with E-state index in [1.165, 1.54) is 17.1 Å². The minimum atomic E-state index is -0.411. The Labute approximate surface area is 146 Å². The van der Waals surface area contributed by atoms with E-state index in [-0.39, 0.29) is 19.0 Å². The van der Waals surface area contributed by atoms with Crippen molar-refractivity contribution >= 4 is 11.4 Å². The molecular formula is C17H14N6O3. The second-order valence-corrected chi connectivity index (χ2v) is 5.53. The van der Waals surface area contributed by atoms with E-state index in [2.05, 4.69) is 20.5 Å². The van der Waals surface area contributed by atoms with Crippen LogP contribution >= 0.6 is 0 Å². The molecule has 0 spiro atoms. The number of carbonyl (C=O) groups excluding carboxylic acids is 1. The van der Waals surface area contributed by atoms with Crippen molar-refractivity contribution < 1.29 is 9.21 Å². The first-order chi connectivity index (χ1) is 12.7. The number of nitrogens with zero attached hydrogens (tertiary/aromatic N) is 5. The monoisotopic (exact) mass is 350 g/mol. The van der Waals surface area contributed by atoms with Gasteiger partial charge in [0.15, 0.2) is 5.76 Å². The van der Waals surface area contributed by atoms with E-state index in [0.29, 0.717) is 17.0 Å². The molecule has 0 aromatic carbocycles. The molecule has 4 rings (SSSR count).